The number of nitrogens with one attached hydrogen (secondary N) is 3. The van der Waals surface area contributed by atoms with E-state index in [2.05, 4.69) is 25.8 Å². The van der Waals surface area contributed by atoms with Crippen molar-refractivity contribution in [3.05, 3.63) is 11.6 Å². The van der Waals surface area contributed by atoms with Gasteiger partial charge >= 0.3 is 6.03 Å². The molecular formula is C8H14N6O2. The number of hydrogen-bond donors (Lipinski definition) is 4. The molecule has 1 heterocycles. The fraction of sp³-hybridized carbons (Fsp3) is 0.500. The summed E-state index contributed by atoms with van der Waals surface area (Å²) in [6.07, 6.45) is 0.684. The van der Waals surface area contributed by atoms with Gasteiger partial charge < -0.3 is 16.4 Å². The van der Waals surface area contributed by atoms with Crippen LogP contribution in [-0.4, -0.2) is 40.2 Å². The Labute approximate surface area is 92.0 Å². The van der Waals surface area contributed by atoms with Crippen LogP contribution in [0.25, 0.3) is 0 Å². The van der Waals surface area contributed by atoms with Crippen LogP contribution in [0, 0.1) is 0 Å². The molecule has 0 atom stereocenters. The molecule has 5 N–H and O–H groups in total. The average molecular weight is 226 g/mol. The lowest BCUT2D eigenvalue weighted by atomic mass is 10.4. The zero-order valence-electron chi connectivity index (χ0n) is 8.91. The van der Waals surface area contributed by atoms with Gasteiger partial charge in [0.15, 0.2) is 0 Å². The lowest BCUT2D eigenvalue weighted by Crippen LogP contribution is -2.37. The summed E-state index contributed by atoms with van der Waals surface area (Å²) in [4.78, 5) is 25.7. The number of urea groups is 1. The maximum atomic E-state index is 11.4. The van der Waals surface area contributed by atoms with Gasteiger partial charge in [0, 0.05) is 19.5 Å². The van der Waals surface area contributed by atoms with E-state index in [0.29, 0.717) is 12.2 Å². The molecule has 3 amide bonds. The van der Waals surface area contributed by atoms with Gasteiger partial charge in [0.2, 0.25) is 5.82 Å². The molecule has 0 saturated carbocycles. The van der Waals surface area contributed by atoms with Gasteiger partial charge in [0.05, 0.1) is 0 Å². The molecule has 0 radical (unpaired) electrons. The summed E-state index contributed by atoms with van der Waals surface area (Å²) in [6, 6.07) is -0.625. The van der Waals surface area contributed by atoms with E-state index in [9.17, 15) is 9.59 Å². The third-order valence-electron chi connectivity index (χ3n) is 1.78. The number of aromatic amines is 1. The lowest BCUT2D eigenvalue weighted by molar-refractivity contribution is 0.0944. The van der Waals surface area contributed by atoms with Crippen molar-refractivity contribution in [2.45, 2.75) is 13.3 Å². The highest BCUT2D eigenvalue weighted by Crippen LogP contribution is 1.92. The van der Waals surface area contributed by atoms with Crippen LogP contribution in [0.4, 0.5) is 4.79 Å². The Morgan fingerprint density at radius 3 is 2.62 bits per heavy atom. The van der Waals surface area contributed by atoms with Crippen LogP contribution in [0.2, 0.25) is 0 Å². The number of aryl methyl sites for hydroxylation is 1. The molecule has 1 aromatic heterocycles. The number of carbonyl (C=O) groups excluding carboxylic acids is 2. The van der Waals surface area contributed by atoms with Gasteiger partial charge in [-0.25, -0.2) is 9.78 Å². The van der Waals surface area contributed by atoms with E-state index in [1.54, 1.807) is 0 Å². The summed E-state index contributed by atoms with van der Waals surface area (Å²) in [7, 11) is 0. The molecule has 8 heteroatoms. The van der Waals surface area contributed by atoms with Crippen molar-refractivity contribution in [3.63, 3.8) is 0 Å². The van der Waals surface area contributed by atoms with Crippen LogP contribution in [-0.2, 0) is 6.42 Å². The number of carbonyl (C=O) groups is 2. The van der Waals surface area contributed by atoms with E-state index >= 15 is 0 Å². The van der Waals surface area contributed by atoms with Gasteiger partial charge in [-0.3, -0.25) is 9.89 Å². The van der Waals surface area contributed by atoms with Crippen molar-refractivity contribution in [3.8, 4) is 0 Å². The van der Waals surface area contributed by atoms with Gasteiger partial charge in [-0.1, -0.05) is 6.92 Å². The molecule has 0 aromatic carbocycles. The Hall–Kier alpha value is -2.12. The third-order valence-corrected chi connectivity index (χ3v) is 1.78. The first-order valence-electron chi connectivity index (χ1n) is 4.86. The first kappa shape index (κ1) is 12.0. The highest BCUT2D eigenvalue weighted by Gasteiger charge is 2.10. The monoisotopic (exact) mass is 226 g/mol. The molecule has 1 aromatic rings. The van der Waals surface area contributed by atoms with E-state index in [4.69, 9.17) is 5.73 Å². The molecule has 16 heavy (non-hydrogen) atoms. The van der Waals surface area contributed by atoms with E-state index < -0.39 is 6.03 Å². The number of primary amides is 1. The summed E-state index contributed by atoms with van der Waals surface area (Å²) in [5.74, 6) is 0.360. The predicted octanol–water partition coefficient (Wildman–Crippen LogP) is -1.23. The molecule has 8 nitrogen and oxygen atoms in total. The Morgan fingerprint density at radius 2 is 2.06 bits per heavy atom. The minimum absolute atomic E-state index is 0.0934. The molecule has 0 saturated heterocycles. The minimum atomic E-state index is -0.625. The van der Waals surface area contributed by atoms with Crippen LogP contribution in [0.5, 0.6) is 0 Å². The Morgan fingerprint density at radius 1 is 1.38 bits per heavy atom. The fourth-order valence-corrected chi connectivity index (χ4v) is 0.996. The second-order valence-corrected chi connectivity index (χ2v) is 3.01. The summed E-state index contributed by atoms with van der Waals surface area (Å²) in [5, 5.41) is 11.3. The number of rotatable bonds is 5. The van der Waals surface area contributed by atoms with Crippen molar-refractivity contribution in [1.29, 1.82) is 0 Å². The van der Waals surface area contributed by atoms with Gasteiger partial charge in [-0.2, -0.15) is 0 Å². The van der Waals surface area contributed by atoms with E-state index in [1.165, 1.54) is 0 Å². The van der Waals surface area contributed by atoms with Gasteiger partial charge in [-0.05, 0) is 0 Å². The van der Waals surface area contributed by atoms with Crippen LogP contribution in [0.3, 0.4) is 0 Å². The average Bonchev–Trinajstić information content (AvgIpc) is 2.72. The Kier molecular flexibility index (Phi) is 4.25. The first-order valence-corrected chi connectivity index (χ1v) is 4.86. The third kappa shape index (κ3) is 3.56. The number of aromatic nitrogens is 3. The molecule has 0 aliphatic carbocycles. The number of amides is 3. The smallest absolute Gasteiger partial charge is 0.312 e. The number of H-pyrrole nitrogens is 1. The molecule has 88 valence electrons. The van der Waals surface area contributed by atoms with Crippen LogP contribution in [0.1, 0.15) is 23.4 Å². The van der Waals surface area contributed by atoms with Crippen molar-refractivity contribution in [1.82, 2.24) is 25.8 Å². The van der Waals surface area contributed by atoms with Crippen LogP contribution in [0.15, 0.2) is 0 Å². The highest BCUT2D eigenvalue weighted by atomic mass is 16.2. The molecular weight excluding hydrogens is 212 g/mol. The quantitative estimate of drug-likeness (QED) is 0.469. The summed E-state index contributed by atoms with van der Waals surface area (Å²) >= 11 is 0. The van der Waals surface area contributed by atoms with Crippen molar-refractivity contribution >= 4 is 11.9 Å². The maximum Gasteiger partial charge on any atom is 0.312 e. The SMILES string of the molecule is CCc1nc(C(=O)NCCNC(N)=O)n[nH]1. The van der Waals surface area contributed by atoms with Crippen molar-refractivity contribution < 1.29 is 9.59 Å². The molecule has 0 aliphatic rings. The topological polar surface area (TPSA) is 126 Å². The van der Waals surface area contributed by atoms with Crippen molar-refractivity contribution in [2.24, 2.45) is 5.73 Å². The fourth-order valence-electron chi connectivity index (χ4n) is 0.996. The second-order valence-electron chi connectivity index (χ2n) is 3.01. The standard InChI is InChI=1S/C8H14N6O2/c1-2-5-12-6(14-13-5)7(15)10-3-4-11-8(9)16/h2-4H2,1H3,(H,10,15)(H3,9,11,16)(H,12,13,14). The number of nitrogens with zero attached hydrogens (tertiary/aromatic N) is 2. The normalized spacial score (nSPS) is 9.81. The van der Waals surface area contributed by atoms with E-state index in [-0.39, 0.29) is 24.8 Å². The predicted molar refractivity (Wildman–Crippen MR) is 55.7 cm³/mol. The summed E-state index contributed by atoms with van der Waals surface area (Å²) in [6.45, 7) is 2.45. The molecule has 0 spiro atoms. The maximum absolute atomic E-state index is 11.4. The lowest BCUT2D eigenvalue weighted by Gasteiger charge is -2.02. The molecule has 0 bridgehead atoms. The van der Waals surface area contributed by atoms with Gasteiger partial charge in [0.25, 0.3) is 5.91 Å². The Balaban J connectivity index is 2.32. The largest absolute Gasteiger partial charge is 0.352 e. The van der Waals surface area contributed by atoms with Crippen LogP contribution < -0.4 is 16.4 Å². The number of nitrogens with two attached hydrogens (primary N) is 1. The molecule has 0 fully saturated rings. The second kappa shape index (κ2) is 5.69. The van der Waals surface area contributed by atoms with Gasteiger partial charge in [0.1, 0.15) is 5.82 Å². The zero-order valence-corrected chi connectivity index (χ0v) is 8.91. The number of hydrogen-bond acceptors (Lipinski definition) is 4. The molecule has 0 aliphatic heterocycles. The van der Waals surface area contributed by atoms with Crippen molar-refractivity contribution in [2.75, 3.05) is 13.1 Å². The van der Waals surface area contributed by atoms with Gasteiger partial charge in [-0.15, -0.1) is 5.10 Å². The highest BCUT2D eigenvalue weighted by molar-refractivity contribution is 5.90. The Bertz CT molecular complexity index is 374. The summed E-state index contributed by atoms with van der Waals surface area (Å²) < 4.78 is 0. The molecule has 0 unspecified atom stereocenters. The summed E-state index contributed by atoms with van der Waals surface area (Å²) in [5.41, 5.74) is 4.85. The van der Waals surface area contributed by atoms with E-state index in [0.717, 1.165) is 0 Å². The van der Waals surface area contributed by atoms with Crippen LogP contribution >= 0.6 is 0 Å². The minimum Gasteiger partial charge on any atom is -0.352 e. The first-order chi connectivity index (χ1) is 7.63. The zero-order chi connectivity index (χ0) is 12.0. The molecule has 1 rings (SSSR count). The van der Waals surface area contributed by atoms with E-state index in [1.807, 2.05) is 6.92 Å².